The van der Waals surface area contributed by atoms with Gasteiger partial charge in [0.2, 0.25) is 0 Å². The molecule has 0 radical (unpaired) electrons. The largest absolute Gasteiger partial charge is 0.416 e. The average Bonchev–Trinajstić information content (AvgIpc) is 3.11. The lowest BCUT2D eigenvalue weighted by Crippen LogP contribution is -2.43. The van der Waals surface area contributed by atoms with E-state index < -0.39 is 11.7 Å². The van der Waals surface area contributed by atoms with Crippen molar-refractivity contribution in [3.8, 4) is 0 Å². The highest BCUT2D eigenvalue weighted by atomic mass is 127. The SMILES string of the molecule is CCN(CC)C(CNC(=NC)NCc1ncnn1C)c1ccc(C(F)(F)F)cc1.I. The average molecular weight is 539 g/mol. The first kappa shape index (κ1) is 26.1. The number of aliphatic imine (C=N–C) groups is 1. The molecule has 1 aromatic heterocycles. The van der Waals surface area contributed by atoms with Gasteiger partial charge in [0.1, 0.15) is 12.2 Å². The van der Waals surface area contributed by atoms with Crippen molar-refractivity contribution in [2.45, 2.75) is 32.6 Å². The van der Waals surface area contributed by atoms with Crippen molar-refractivity contribution >= 4 is 29.9 Å². The Morgan fingerprint density at radius 2 is 1.80 bits per heavy atom. The van der Waals surface area contributed by atoms with Gasteiger partial charge in [-0.1, -0.05) is 26.0 Å². The number of hydrogen-bond donors (Lipinski definition) is 2. The van der Waals surface area contributed by atoms with Crippen LogP contribution in [-0.2, 0) is 19.8 Å². The molecule has 0 saturated carbocycles. The zero-order valence-corrected chi connectivity index (χ0v) is 19.9. The van der Waals surface area contributed by atoms with E-state index >= 15 is 0 Å². The predicted octanol–water partition coefficient (Wildman–Crippen LogP) is 3.20. The normalized spacial score (nSPS) is 13.1. The highest BCUT2D eigenvalue weighted by molar-refractivity contribution is 14.0. The minimum absolute atomic E-state index is 0. The topological polar surface area (TPSA) is 70.4 Å². The van der Waals surface area contributed by atoms with E-state index in [0.717, 1.165) is 36.6 Å². The summed E-state index contributed by atoms with van der Waals surface area (Å²) < 4.78 is 40.3. The molecule has 1 unspecified atom stereocenters. The minimum atomic E-state index is -4.34. The second kappa shape index (κ2) is 12.1. The molecule has 2 N–H and O–H groups in total. The van der Waals surface area contributed by atoms with E-state index in [1.54, 1.807) is 30.9 Å². The minimum Gasteiger partial charge on any atom is -0.354 e. The van der Waals surface area contributed by atoms with Crippen molar-refractivity contribution in [2.24, 2.45) is 12.0 Å². The number of rotatable bonds is 8. The van der Waals surface area contributed by atoms with Crippen molar-refractivity contribution < 1.29 is 13.2 Å². The maximum absolute atomic E-state index is 12.9. The smallest absolute Gasteiger partial charge is 0.354 e. The Hall–Kier alpha value is -1.89. The Morgan fingerprint density at radius 3 is 2.27 bits per heavy atom. The van der Waals surface area contributed by atoms with Crippen LogP contribution in [0.1, 0.15) is 36.8 Å². The zero-order chi connectivity index (χ0) is 21.4. The van der Waals surface area contributed by atoms with Crippen LogP contribution < -0.4 is 10.6 Å². The Balaban J connectivity index is 0.00000450. The summed E-state index contributed by atoms with van der Waals surface area (Å²) in [5, 5.41) is 10.5. The molecule has 2 rings (SSSR count). The Morgan fingerprint density at radius 1 is 1.17 bits per heavy atom. The summed E-state index contributed by atoms with van der Waals surface area (Å²) in [6.07, 6.45) is -2.86. The van der Waals surface area contributed by atoms with Gasteiger partial charge in [0.25, 0.3) is 0 Å². The highest BCUT2D eigenvalue weighted by Gasteiger charge is 2.30. The third-order valence-corrected chi connectivity index (χ3v) is 4.78. The van der Waals surface area contributed by atoms with Crippen molar-refractivity contribution in [1.82, 2.24) is 30.3 Å². The monoisotopic (exact) mass is 539 g/mol. The molecular formula is C19H29F3IN7. The lowest BCUT2D eigenvalue weighted by molar-refractivity contribution is -0.137. The van der Waals surface area contributed by atoms with Gasteiger partial charge in [0, 0.05) is 20.6 Å². The number of benzene rings is 1. The Kier molecular flexibility index (Phi) is 10.5. The van der Waals surface area contributed by atoms with E-state index in [9.17, 15) is 13.2 Å². The molecule has 7 nitrogen and oxygen atoms in total. The third kappa shape index (κ3) is 7.11. The summed E-state index contributed by atoms with van der Waals surface area (Å²) in [6.45, 7) is 6.55. The molecule has 1 aromatic carbocycles. The van der Waals surface area contributed by atoms with Crippen LogP contribution in [0, 0.1) is 0 Å². The van der Waals surface area contributed by atoms with Gasteiger partial charge in [0.05, 0.1) is 18.2 Å². The van der Waals surface area contributed by atoms with Crippen LogP contribution in [0.15, 0.2) is 35.6 Å². The van der Waals surface area contributed by atoms with E-state index in [-0.39, 0.29) is 30.0 Å². The molecule has 168 valence electrons. The van der Waals surface area contributed by atoms with E-state index in [0.29, 0.717) is 19.0 Å². The maximum atomic E-state index is 12.9. The molecule has 30 heavy (non-hydrogen) atoms. The molecule has 0 spiro atoms. The standard InChI is InChI=1S/C19H28F3N7.HI/c1-5-29(6-2)16(14-7-9-15(10-8-14)19(20,21)22)11-24-18(23-3)25-12-17-26-13-27-28(17)4;/h7-10,13,16H,5-6,11-12H2,1-4H3,(H2,23,24,25);1H. The van der Waals surface area contributed by atoms with Gasteiger partial charge in [0.15, 0.2) is 5.96 Å². The van der Waals surface area contributed by atoms with E-state index in [4.69, 9.17) is 0 Å². The van der Waals surface area contributed by atoms with Crippen molar-refractivity contribution in [2.75, 3.05) is 26.7 Å². The molecule has 0 saturated heterocycles. The fraction of sp³-hybridized carbons (Fsp3) is 0.526. The van der Waals surface area contributed by atoms with Crippen LogP contribution in [0.4, 0.5) is 13.2 Å². The molecule has 0 amide bonds. The number of hydrogen-bond acceptors (Lipinski definition) is 4. The number of alkyl halides is 3. The third-order valence-electron chi connectivity index (χ3n) is 4.78. The Bertz CT molecular complexity index is 786. The first-order valence-electron chi connectivity index (χ1n) is 9.48. The van der Waals surface area contributed by atoms with Gasteiger partial charge in [-0.3, -0.25) is 14.6 Å². The lowest BCUT2D eigenvalue weighted by atomic mass is 10.0. The van der Waals surface area contributed by atoms with Gasteiger partial charge in [-0.05, 0) is 30.8 Å². The van der Waals surface area contributed by atoms with Crippen molar-refractivity contribution in [3.05, 3.63) is 47.5 Å². The molecule has 0 aliphatic carbocycles. The maximum Gasteiger partial charge on any atom is 0.416 e. The number of likely N-dealkylation sites (N-methyl/N-ethyl adjacent to an activating group) is 1. The van der Waals surface area contributed by atoms with Gasteiger partial charge in [-0.15, -0.1) is 24.0 Å². The molecule has 2 aromatic rings. The second-order valence-corrected chi connectivity index (χ2v) is 6.46. The quantitative estimate of drug-likeness (QED) is 0.307. The summed E-state index contributed by atoms with van der Waals surface area (Å²) in [5.41, 5.74) is 0.173. The Labute approximate surface area is 192 Å². The number of halogens is 4. The predicted molar refractivity (Wildman–Crippen MR) is 122 cm³/mol. The summed E-state index contributed by atoms with van der Waals surface area (Å²) in [5.74, 6) is 1.34. The molecule has 0 fully saturated rings. The molecular weight excluding hydrogens is 510 g/mol. The van der Waals surface area contributed by atoms with E-state index in [1.165, 1.54) is 6.33 Å². The van der Waals surface area contributed by atoms with E-state index in [2.05, 4.69) is 30.6 Å². The number of guanidine groups is 1. The van der Waals surface area contributed by atoms with Crippen LogP contribution in [0.25, 0.3) is 0 Å². The van der Waals surface area contributed by atoms with Gasteiger partial charge in [-0.2, -0.15) is 18.3 Å². The first-order chi connectivity index (χ1) is 13.8. The highest BCUT2D eigenvalue weighted by Crippen LogP contribution is 2.30. The van der Waals surface area contributed by atoms with Crippen molar-refractivity contribution in [3.63, 3.8) is 0 Å². The molecule has 11 heteroatoms. The van der Waals surface area contributed by atoms with Crippen LogP contribution in [-0.4, -0.2) is 52.3 Å². The summed E-state index contributed by atoms with van der Waals surface area (Å²) in [4.78, 5) is 10.6. The summed E-state index contributed by atoms with van der Waals surface area (Å²) in [7, 11) is 3.47. The van der Waals surface area contributed by atoms with Crippen LogP contribution in [0.5, 0.6) is 0 Å². The fourth-order valence-corrected chi connectivity index (χ4v) is 3.07. The van der Waals surface area contributed by atoms with Crippen LogP contribution in [0.3, 0.4) is 0 Å². The molecule has 0 aliphatic heterocycles. The molecule has 0 bridgehead atoms. The van der Waals surface area contributed by atoms with Gasteiger partial charge >= 0.3 is 6.18 Å². The second-order valence-electron chi connectivity index (χ2n) is 6.46. The number of aryl methyl sites for hydroxylation is 1. The van der Waals surface area contributed by atoms with Gasteiger partial charge < -0.3 is 10.6 Å². The fourth-order valence-electron chi connectivity index (χ4n) is 3.07. The van der Waals surface area contributed by atoms with E-state index in [1.807, 2.05) is 13.8 Å². The van der Waals surface area contributed by atoms with Crippen LogP contribution >= 0.6 is 24.0 Å². The lowest BCUT2D eigenvalue weighted by Gasteiger charge is -2.31. The molecule has 1 atom stereocenters. The first-order valence-corrected chi connectivity index (χ1v) is 9.48. The number of aromatic nitrogens is 3. The number of nitrogens with zero attached hydrogens (tertiary/aromatic N) is 5. The molecule has 0 aliphatic rings. The summed E-state index contributed by atoms with van der Waals surface area (Å²) >= 11 is 0. The van der Waals surface area contributed by atoms with Gasteiger partial charge in [-0.25, -0.2) is 4.98 Å². The molecule has 1 heterocycles. The summed E-state index contributed by atoms with van der Waals surface area (Å²) in [6, 6.07) is 5.26. The van der Waals surface area contributed by atoms with Crippen molar-refractivity contribution in [1.29, 1.82) is 0 Å². The zero-order valence-electron chi connectivity index (χ0n) is 17.6. The van der Waals surface area contributed by atoms with Crippen LogP contribution in [0.2, 0.25) is 0 Å². The number of nitrogens with one attached hydrogen (secondary N) is 2.